The highest BCUT2D eigenvalue weighted by molar-refractivity contribution is 5.36. The van der Waals surface area contributed by atoms with Crippen LogP contribution in [0.2, 0.25) is 0 Å². The number of anilines is 1. The number of ether oxygens (including phenoxy) is 1. The van der Waals surface area contributed by atoms with Crippen LogP contribution >= 0.6 is 0 Å². The molecule has 0 aliphatic heterocycles. The lowest BCUT2D eigenvalue weighted by molar-refractivity contribution is 0.398. The first-order chi connectivity index (χ1) is 7.88. The highest BCUT2D eigenvalue weighted by Gasteiger charge is 1.96. The van der Waals surface area contributed by atoms with E-state index in [1.165, 1.54) is 0 Å². The number of nitrogens with zero attached hydrogens (tertiary/aromatic N) is 3. The van der Waals surface area contributed by atoms with Gasteiger partial charge in [-0.15, -0.1) is 0 Å². The van der Waals surface area contributed by atoms with E-state index in [4.69, 9.17) is 4.74 Å². The number of hydrogen-bond acceptors (Lipinski definition) is 4. The molecule has 0 aliphatic rings. The summed E-state index contributed by atoms with van der Waals surface area (Å²) < 4.78 is 7.05. The van der Waals surface area contributed by atoms with Crippen molar-refractivity contribution in [2.75, 3.05) is 19.0 Å². The Balaban J connectivity index is 1.85. The minimum Gasteiger partial charge on any atom is -0.481 e. The Hall–Kier alpha value is -2.04. The van der Waals surface area contributed by atoms with Crippen LogP contribution in [0.15, 0.2) is 36.9 Å². The van der Waals surface area contributed by atoms with Crippen molar-refractivity contribution in [1.82, 2.24) is 14.5 Å². The lowest BCUT2D eigenvalue weighted by Gasteiger charge is -2.07. The van der Waals surface area contributed by atoms with Gasteiger partial charge in [0.25, 0.3) is 0 Å². The van der Waals surface area contributed by atoms with Gasteiger partial charge in [0.2, 0.25) is 5.88 Å². The first-order valence-electron chi connectivity index (χ1n) is 5.09. The molecule has 5 heteroatoms. The summed E-state index contributed by atoms with van der Waals surface area (Å²) in [7, 11) is 1.61. The minimum atomic E-state index is 0.618. The highest BCUT2D eigenvalue weighted by atomic mass is 16.5. The van der Waals surface area contributed by atoms with Gasteiger partial charge in [0.15, 0.2) is 0 Å². The van der Waals surface area contributed by atoms with Crippen LogP contribution in [-0.4, -0.2) is 28.2 Å². The van der Waals surface area contributed by atoms with Gasteiger partial charge in [-0.1, -0.05) is 6.07 Å². The van der Waals surface area contributed by atoms with Crippen LogP contribution in [0.4, 0.5) is 5.82 Å². The van der Waals surface area contributed by atoms with E-state index >= 15 is 0 Å². The van der Waals surface area contributed by atoms with Gasteiger partial charge < -0.3 is 14.6 Å². The van der Waals surface area contributed by atoms with Crippen molar-refractivity contribution in [3.8, 4) is 5.88 Å². The summed E-state index contributed by atoms with van der Waals surface area (Å²) >= 11 is 0. The largest absolute Gasteiger partial charge is 0.481 e. The van der Waals surface area contributed by atoms with Crippen molar-refractivity contribution in [2.24, 2.45) is 0 Å². The van der Waals surface area contributed by atoms with Crippen LogP contribution in [0, 0.1) is 0 Å². The average molecular weight is 218 g/mol. The van der Waals surface area contributed by atoms with Gasteiger partial charge in [0, 0.05) is 31.5 Å². The number of methoxy groups -OCH3 is 1. The molecule has 0 aromatic carbocycles. The minimum absolute atomic E-state index is 0.618. The van der Waals surface area contributed by atoms with E-state index in [-0.39, 0.29) is 0 Å². The summed E-state index contributed by atoms with van der Waals surface area (Å²) in [4.78, 5) is 8.23. The van der Waals surface area contributed by atoms with Crippen LogP contribution in [-0.2, 0) is 6.54 Å². The van der Waals surface area contributed by atoms with Crippen LogP contribution in [0.3, 0.4) is 0 Å². The SMILES string of the molecule is COc1cccc(NCCn2ccnc2)n1. The molecule has 0 saturated carbocycles. The van der Waals surface area contributed by atoms with E-state index in [1.54, 1.807) is 19.6 Å². The quantitative estimate of drug-likeness (QED) is 0.824. The smallest absolute Gasteiger partial charge is 0.214 e. The van der Waals surface area contributed by atoms with E-state index in [2.05, 4.69) is 15.3 Å². The molecule has 0 amide bonds. The molecule has 0 saturated heterocycles. The fourth-order valence-corrected chi connectivity index (χ4v) is 1.36. The molecule has 0 aliphatic carbocycles. The zero-order chi connectivity index (χ0) is 11.2. The third-order valence-corrected chi connectivity index (χ3v) is 2.17. The molecule has 2 aromatic rings. The summed E-state index contributed by atoms with van der Waals surface area (Å²) in [5.74, 6) is 1.44. The molecule has 1 N–H and O–H groups in total. The number of rotatable bonds is 5. The van der Waals surface area contributed by atoms with Gasteiger partial charge >= 0.3 is 0 Å². The van der Waals surface area contributed by atoms with Gasteiger partial charge in [-0.25, -0.2) is 4.98 Å². The number of aromatic nitrogens is 3. The first-order valence-corrected chi connectivity index (χ1v) is 5.09. The molecule has 5 nitrogen and oxygen atoms in total. The van der Waals surface area contributed by atoms with Crippen molar-refractivity contribution in [3.63, 3.8) is 0 Å². The molecule has 0 atom stereocenters. The van der Waals surface area contributed by atoms with Crippen molar-refractivity contribution >= 4 is 5.82 Å². The monoisotopic (exact) mass is 218 g/mol. The molecule has 0 spiro atoms. The molecule has 0 fully saturated rings. The Morgan fingerprint density at radius 2 is 2.38 bits per heavy atom. The molecule has 0 unspecified atom stereocenters. The van der Waals surface area contributed by atoms with E-state index < -0.39 is 0 Å². The van der Waals surface area contributed by atoms with Gasteiger partial charge in [-0.3, -0.25) is 0 Å². The fourth-order valence-electron chi connectivity index (χ4n) is 1.36. The third-order valence-electron chi connectivity index (χ3n) is 2.17. The van der Waals surface area contributed by atoms with Crippen molar-refractivity contribution in [2.45, 2.75) is 6.54 Å². The topological polar surface area (TPSA) is 52.0 Å². The maximum Gasteiger partial charge on any atom is 0.214 e. The molecule has 0 radical (unpaired) electrons. The fraction of sp³-hybridized carbons (Fsp3) is 0.273. The number of hydrogen-bond donors (Lipinski definition) is 1. The van der Waals surface area contributed by atoms with Gasteiger partial charge in [0.1, 0.15) is 5.82 Å². The molecule has 84 valence electrons. The van der Waals surface area contributed by atoms with Crippen molar-refractivity contribution in [3.05, 3.63) is 36.9 Å². The third kappa shape index (κ3) is 2.73. The maximum atomic E-state index is 5.04. The van der Waals surface area contributed by atoms with Crippen LogP contribution in [0.5, 0.6) is 5.88 Å². The van der Waals surface area contributed by atoms with Crippen LogP contribution < -0.4 is 10.1 Å². The summed E-state index contributed by atoms with van der Waals surface area (Å²) in [6.45, 7) is 1.66. The first kappa shape index (κ1) is 10.5. The van der Waals surface area contributed by atoms with E-state index in [0.29, 0.717) is 5.88 Å². The second-order valence-corrected chi connectivity index (χ2v) is 3.29. The lowest BCUT2D eigenvalue weighted by atomic mass is 10.4. The summed E-state index contributed by atoms with van der Waals surface area (Å²) in [6.07, 6.45) is 5.49. The molecule has 0 bridgehead atoms. The molecule has 2 heterocycles. The molecular weight excluding hydrogens is 204 g/mol. The Morgan fingerprint density at radius 1 is 1.44 bits per heavy atom. The molecule has 16 heavy (non-hydrogen) atoms. The molecule has 2 rings (SSSR count). The van der Waals surface area contributed by atoms with Crippen molar-refractivity contribution in [1.29, 1.82) is 0 Å². The zero-order valence-electron chi connectivity index (χ0n) is 9.13. The van der Waals surface area contributed by atoms with Gasteiger partial charge in [-0.2, -0.15) is 4.98 Å². The van der Waals surface area contributed by atoms with Gasteiger partial charge in [-0.05, 0) is 6.07 Å². The number of nitrogens with one attached hydrogen (secondary N) is 1. The summed E-state index contributed by atoms with van der Waals surface area (Å²) in [5.41, 5.74) is 0. The normalized spacial score (nSPS) is 10.1. The Labute approximate surface area is 94.1 Å². The maximum absolute atomic E-state index is 5.04. The number of pyridine rings is 1. The Bertz CT molecular complexity index is 427. The van der Waals surface area contributed by atoms with E-state index in [9.17, 15) is 0 Å². The molecular formula is C11H14N4O. The summed E-state index contributed by atoms with van der Waals surface area (Å²) in [5, 5.41) is 3.22. The van der Waals surface area contributed by atoms with Crippen LogP contribution in [0.1, 0.15) is 0 Å². The second-order valence-electron chi connectivity index (χ2n) is 3.29. The average Bonchev–Trinajstić information content (AvgIpc) is 2.82. The summed E-state index contributed by atoms with van der Waals surface area (Å²) in [6, 6.07) is 5.64. The Morgan fingerprint density at radius 3 is 3.12 bits per heavy atom. The predicted molar refractivity (Wildman–Crippen MR) is 61.5 cm³/mol. The van der Waals surface area contributed by atoms with Crippen molar-refractivity contribution < 1.29 is 4.74 Å². The van der Waals surface area contributed by atoms with Gasteiger partial charge in [0.05, 0.1) is 13.4 Å². The zero-order valence-corrected chi connectivity index (χ0v) is 9.13. The predicted octanol–water partition coefficient (Wildman–Crippen LogP) is 1.40. The Kier molecular flexibility index (Phi) is 3.38. The van der Waals surface area contributed by atoms with E-state index in [0.717, 1.165) is 18.9 Å². The highest BCUT2D eigenvalue weighted by Crippen LogP contribution is 2.10. The lowest BCUT2D eigenvalue weighted by Crippen LogP contribution is -2.10. The second kappa shape index (κ2) is 5.16. The standard InChI is InChI=1S/C11H14N4O/c1-16-11-4-2-3-10(14-11)13-6-8-15-7-5-12-9-15/h2-5,7,9H,6,8H2,1H3,(H,13,14). The van der Waals surface area contributed by atoms with E-state index in [1.807, 2.05) is 29.0 Å². The van der Waals surface area contributed by atoms with Crippen LogP contribution in [0.25, 0.3) is 0 Å². The number of imidazole rings is 1. The molecule has 2 aromatic heterocycles.